The maximum Gasteiger partial charge on any atom is 0.155 e. The summed E-state index contributed by atoms with van der Waals surface area (Å²) in [7, 11) is 0. The minimum absolute atomic E-state index is 0.00930. The molecule has 0 bridgehead atoms. The quantitative estimate of drug-likeness (QED) is 0.474. The first-order valence-electron chi connectivity index (χ1n) is 6.56. The first kappa shape index (κ1) is 16.9. The first-order valence-corrected chi connectivity index (χ1v) is 7.55. The average Bonchev–Trinajstić information content (AvgIpc) is 2.48. The maximum absolute atomic E-state index is 11.2. The van der Waals surface area contributed by atoms with Gasteiger partial charge in [0.05, 0.1) is 5.03 Å². The maximum atomic E-state index is 11.2. The van der Waals surface area contributed by atoms with Gasteiger partial charge in [0.25, 0.3) is 0 Å². The van der Waals surface area contributed by atoms with Gasteiger partial charge in [0, 0.05) is 29.5 Å². The molecule has 21 heavy (non-hydrogen) atoms. The van der Waals surface area contributed by atoms with Crippen molar-refractivity contribution in [1.82, 2.24) is 5.32 Å². The lowest BCUT2D eigenvalue weighted by Gasteiger charge is -2.08. The van der Waals surface area contributed by atoms with Gasteiger partial charge in [-0.3, -0.25) is 4.79 Å². The number of ketones is 1. The summed E-state index contributed by atoms with van der Waals surface area (Å²) in [6, 6.07) is 9.76. The van der Waals surface area contributed by atoms with E-state index in [9.17, 15) is 4.79 Å². The van der Waals surface area contributed by atoms with Crippen LogP contribution in [-0.2, 0) is 4.79 Å². The second-order valence-corrected chi connectivity index (χ2v) is 5.35. The third-order valence-corrected chi connectivity index (χ3v) is 3.30. The lowest BCUT2D eigenvalue weighted by atomic mass is 10.2. The number of benzene rings is 1. The molecule has 0 fully saturated rings. The number of thioether (sulfide) groups is 1. The largest absolute Gasteiger partial charge is 0.375 e. The van der Waals surface area contributed by atoms with Gasteiger partial charge in [-0.25, -0.2) is 0 Å². The van der Waals surface area contributed by atoms with Crippen molar-refractivity contribution >= 4 is 17.5 Å². The fourth-order valence-corrected chi connectivity index (χ4v) is 2.12. The van der Waals surface area contributed by atoms with Crippen LogP contribution in [0.3, 0.4) is 0 Å². The molecule has 3 heteroatoms. The SMILES string of the molecule is C=CCSC(=CC(C)=O)NCC(=C)C#Cc1ccccc1. The molecule has 0 heterocycles. The molecule has 2 nitrogen and oxygen atoms in total. The fraction of sp³-hybridized carbons (Fsp3) is 0.167. The van der Waals surface area contributed by atoms with Crippen LogP contribution in [0.4, 0.5) is 0 Å². The van der Waals surface area contributed by atoms with Crippen LogP contribution in [0.5, 0.6) is 0 Å². The number of hydrogen-bond acceptors (Lipinski definition) is 3. The molecule has 0 aliphatic heterocycles. The van der Waals surface area contributed by atoms with Crippen LogP contribution in [0.15, 0.2) is 66.2 Å². The van der Waals surface area contributed by atoms with Crippen LogP contribution in [0.2, 0.25) is 0 Å². The lowest BCUT2D eigenvalue weighted by molar-refractivity contribution is -0.112. The molecule has 0 unspecified atom stereocenters. The van der Waals surface area contributed by atoms with Gasteiger partial charge in [0.15, 0.2) is 5.78 Å². The normalized spacial score (nSPS) is 10.2. The van der Waals surface area contributed by atoms with Gasteiger partial charge in [-0.1, -0.05) is 42.7 Å². The van der Waals surface area contributed by atoms with Crippen molar-refractivity contribution in [2.24, 2.45) is 0 Å². The standard InChI is InChI=1S/C18H19NOS/c1-4-12-21-18(13-16(3)20)19-14-15(2)10-11-17-8-6-5-7-9-17/h4-9,13,19H,1-2,12,14H2,3H3. The summed E-state index contributed by atoms with van der Waals surface area (Å²) in [6.07, 6.45) is 3.37. The third kappa shape index (κ3) is 7.86. The minimum atomic E-state index is 0.00930. The highest BCUT2D eigenvalue weighted by molar-refractivity contribution is 8.03. The summed E-state index contributed by atoms with van der Waals surface area (Å²) in [5.41, 5.74) is 1.73. The summed E-state index contributed by atoms with van der Waals surface area (Å²) >= 11 is 1.53. The van der Waals surface area contributed by atoms with Gasteiger partial charge < -0.3 is 5.32 Å². The molecule has 0 spiro atoms. The van der Waals surface area contributed by atoms with Crippen molar-refractivity contribution in [1.29, 1.82) is 0 Å². The Morgan fingerprint density at radius 3 is 2.71 bits per heavy atom. The topological polar surface area (TPSA) is 29.1 Å². The average molecular weight is 297 g/mol. The number of allylic oxidation sites excluding steroid dienone is 1. The molecule has 0 radical (unpaired) electrons. The molecule has 0 saturated carbocycles. The molecular formula is C18H19NOS. The van der Waals surface area contributed by atoms with Crippen molar-refractivity contribution in [2.45, 2.75) is 6.92 Å². The summed E-state index contributed by atoms with van der Waals surface area (Å²) in [5.74, 6) is 6.82. The van der Waals surface area contributed by atoms with Crippen molar-refractivity contribution < 1.29 is 4.79 Å². The summed E-state index contributed by atoms with van der Waals surface area (Å²) in [4.78, 5) is 11.2. The molecule has 0 atom stereocenters. The molecule has 1 N–H and O–H groups in total. The molecule has 0 saturated heterocycles. The highest BCUT2D eigenvalue weighted by Gasteiger charge is 1.99. The molecule has 0 aromatic heterocycles. The number of nitrogens with one attached hydrogen (secondary N) is 1. The molecule has 0 aliphatic rings. The predicted molar refractivity (Wildman–Crippen MR) is 91.9 cm³/mol. The van der Waals surface area contributed by atoms with Crippen LogP contribution in [0, 0.1) is 11.8 Å². The molecule has 1 aromatic carbocycles. The van der Waals surface area contributed by atoms with Gasteiger partial charge in [0.2, 0.25) is 0 Å². The second kappa shape index (κ2) is 9.68. The number of carbonyl (C=O) groups is 1. The van der Waals surface area contributed by atoms with E-state index in [1.165, 1.54) is 18.7 Å². The number of rotatable bonds is 7. The van der Waals surface area contributed by atoms with Crippen molar-refractivity contribution in [2.75, 3.05) is 12.3 Å². The Kier molecular flexibility index (Phi) is 7.78. The fourth-order valence-electron chi connectivity index (χ4n) is 1.40. The molecule has 0 aliphatic carbocycles. The predicted octanol–water partition coefficient (Wildman–Crippen LogP) is 3.53. The molecule has 1 aromatic rings. The lowest BCUT2D eigenvalue weighted by Crippen LogP contribution is -2.15. The Morgan fingerprint density at radius 1 is 1.38 bits per heavy atom. The molecular weight excluding hydrogens is 278 g/mol. The minimum Gasteiger partial charge on any atom is -0.375 e. The van der Waals surface area contributed by atoms with Gasteiger partial charge in [-0.2, -0.15) is 0 Å². The van der Waals surface area contributed by atoms with Crippen LogP contribution in [-0.4, -0.2) is 18.1 Å². The van der Waals surface area contributed by atoms with Gasteiger partial charge in [-0.05, 0) is 19.1 Å². The van der Waals surface area contributed by atoms with E-state index in [0.29, 0.717) is 6.54 Å². The molecule has 1 rings (SSSR count). The number of hydrogen-bond donors (Lipinski definition) is 1. The molecule has 108 valence electrons. The Morgan fingerprint density at radius 2 is 2.10 bits per heavy atom. The third-order valence-electron chi connectivity index (χ3n) is 2.32. The zero-order valence-corrected chi connectivity index (χ0v) is 13.0. The van der Waals surface area contributed by atoms with E-state index in [4.69, 9.17) is 0 Å². The zero-order chi connectivity index (χ0) is 15.5. The highest BCUT2D eigenvalue weighted by Crippen LogP contribution is 2.12. The van der Waals surface area contributed by atoms with E-state index in [2.05, 4.69) is 30.3 Å². The van der Waals surface area contributed by atoms with Crippen molar-refractivity contribution in [3.05, 3.63) is 71.8 Å². The Balaban J connectivity index is 2.56. The monoisotopic (exact) mass is 297 g/mol. The van der Waals surface area contributed by atoms with Crippen LogP contribution in [0.1, 0.15) is 12.5 Å². The van der Waals surface area contributed by atoms with Crippen LogP contribution >= 0.6 is 11.8 Å². The summed E-state index contributed by atoms with van der Waals surface area (Å²) in [5, 5.41) is 3.99. The zero-order valence-electron chi connectivity index (χ0n) is 12.2. The van der Waals surface area contributed by atoms with E-state index in [0.717, 1.165) is 21.9 Å². The number of carbonyl (C=O) groups excluding carboxylic acids is 1. The van der Waals surface area contributed by atoms with E-state index in [-0.39, 0.29) is 5.78 Å². The first-order chi connectivity index (χ1) is 10.1. The van der Waals surface area contributed by atoms with E-state index >= 15 is 0 Å². The van der Waals surface area contributed by atoms with E-state index in [1.807, 2.05) is 30.3 Å². The van der Waals surface area contributed by atoms with Crippen LogP contribution < -0.4 is 5.32 Å². The van der Waals surface area contributed by atoms with E-state index in [1.54, 1.807) is 12.2 Å². The Hall–Kier alpha value is -2.18. The second-order valence-electron chi connectivity index (χ2n) is 4.29. The summed E-state index contributed by atoms with van der Waals surface area (Å²) < 4.78 is 0. The smallest absolute Gasteiger partial charge is 0.155 e. The van der Waals surface area contributed by atoms with Crippen molar-refractivity contribution in [3.8, 4) is 11.8 Å². The van der Waals surface area contributed by atoms with Crippen molar-refractivity contribution in [3.63, 3.8) is 0 Å². The highest BCUT2D eigenvalue weighted by atomic mass is 32.2. The summed E-state index contributed by atoms with van der Waals surface area (Å²) in [6.45, 7) is 9.64. The Labute approximate surface area is 131 Å². The van der Waals surface area contributed by atoms with E-state index < -0.39 is 0 Å². The van der Waals surface area contributed by atoms with Gasteiger partial charge in [0.1, 0.15) is 0 Å². The molecule has 0 amide bonds. The van der Waals surface area contributed by atoms with Gasteiger partial charge in [-0.15, -0.1) is 18.3 Å². The van der Waals surface area contributed by atoms with Gasteiger partial charge >= 0.3 is 0 Å². The Bertz CT molecular complexity index is 591. The van der Waals surface area contributed by atoms with Crippen LogP contribution in [0.25, 0.3) is 0 Å².